The van der Waals surface area contributed by atoms with E-state index in [-0.39, 0.29) is 11.3 Å². The molecule has 1 atom stereocenters. The number of likely N-dealkylation sites (tertiary alicyclic amines) is 1. The molecule has 0 saturated carbocycles. The molecule has 2 heterocycles. The molecular formula is C17H26ClN3O. The van der Waals surface area contributed by atoms with E-state index < -0.39 is 0 Å². The van der Waals surface area contributed by atoms with Gasteiger partial charge in [0.2, 0.25) is 5.91 Å². The van der Waals surface area contributed by atoms with Crippen LogP contribution in [0.4, 0.5) is 0 Å². The van der Waals surface area contributed by atoms with Crippen molar-refractivity contribution in [1.29, 1.82) is 0 Å². The maximum absolute atomic E-state index is 12.0. The van der Waals surface area contributed by atoms with Crippen LogP contribution in [0.3, 0.4) is 0 Å². The van der Waals surface area contributed by atoms with E-state index in [4.69, 9.17) is 11.6 Å². The maximum Gasteiger partial charge on any atom is 0.225 e. The number of carbonyl (C=O) groups is 1. The number of rotatable bonds is 4. The predicted molar refractivity (Wildman–Crippen MR) is 89.7 cm³/mol. The maximum atomic E-state index is 12.0. The van der Waals surface area contributed by atoms with Crippen molar-refractivity contribution in [3.63, 3.8) is 0 Å². The van der Waals surface area contributed by atoms with Crippen LogP contribution < -0.4 is 5.32 Å². The van der Waals surface area contributed by atoms with Gasteiger partial charge in [0.05, 0.1) is 5.02 Å². The quantitative estimate of drug-likeness (QED) is 0.926. The Balaban J connectivity index is 1.84. The third kappa shape index (κ3) is 4.96. The van der Waals surface area contributed by atoms with Gasteiger partial charge in [-0.25, -0.2) is 0 Å². The molecule has 1 aromatic heterocycles. The van der Waals surface area contributed by atoms with E-state index in [1.807, 2.05) is 26.8 Å². The molecule has 1 N–H and O–H groups in total. The molecule has 0 unspecified atom stereocenters. The lowest BCUT2D eigenvalue weighted by Crippen LogP contribution is -2.43. The zero-order valence-electron chi connectivity index (χ0n) is 13.7. The van der Waals surface area contributed by atoms with Gasteiger partial charge in [-0.3, -0.25) is 14.7 Å². The molecule has 0 bridgehead atoms. The van der Waals surface area contributed by atoms with Crippen LogP contribution in [0, 0.1) is 11.3 Å². The number of nitrogens with zero attached hydrogens (tertiary/aromatic N) is 2. The molecule has 122 valence electrons. The standard InChI is InChI=1S/C17H26ClN3O/c1-17(2,3)16(22)20-9-13-5-4-8-21(11-13)12-14-6-7-19-10-15(14)18/h6-7,10,13H,4-5,8-9,11-12H2,1-3H3,(H,20,22)/t13-/m1/s1. The monoisotopic (exact) mass is 323 g/mol. The minimum Gasteiger partial charge on any atom is -0.355 e. The first-order valence-electron chi connectivity index (χ1n) is 7.95. The summed E-state index contributed by atoms with van der Waals surface area (Å²) in [6.07, 6.45) is 5.82. The van der Waals surface area contributed by atoms with Crippen molar-refractivity contribution < 1.29 is 4.79 Å². The molecule has 0 aliphatic carbocycles. The Kier molecular flexibility index (Phi) is 5.81. The minimum absolute atomic E-state index is 0.127. The van der Waals surface area contributed by atoms with Crippen LogP contribution in [0.5, 0.6) is 0 Å². The Morgan fingerprint density at radius 1 is 1.50 bits per heavy atom. The largest absolute Gasteiger partial charge is 0.355 e. The normalized spacial score (nSPS) is 19.9. The number of halogens is 1. The third-order valence-electron chi connectivity index (χ3n) is 4.09. The van der Waals surface area contributed by atoms with Crippen molar-refractivity contribution in [1.82, 2.24) is 15.2 Å². The molecule has 0 radical (unpaired) electrons. The summed E-state index contributed by atoms with van der Waals surface area (Å²) < 4.78 is 0. The fraction of sp³-hybridized carbons (Fsp3) is 0.647. The van der Waals surface area contributed by atoms with Crippen LogP contribution in [0.15, 0.2) is 18.5 Å². The summed E-state index contributed by atoms with van der Waals surface area (Å²) in [4.78, 5) is 18.4. The molecule has 0 aromatic carbocycles. The molecule has 1 aromatic rings. The average molecular weight is 324 g/mol. The number of hydrogen-bond acceptors (Lipinski definition) is 3. The van der Waals surface area contributed by atoms with E-state index in [1.54, 1.807) is 12.4 Å². The summed E-state index contributed by atoms with van der Waals surface area (Å²) in [5, 5.41) is 3.81. The van der Waals surface area contributed by atoms with Crippen LogP contribution in [-0.2, 0) is 11.3 Å². The Hall–Kier alpha value is -1.13. The lowest BCUT2D eigenvalue weighted by molar-refractivity contribution is -0.128. The molecule has 5 heteroatoms. The number of hydrogen-bond donors (Lipinski definition) is 1. The summed E-state index contributed by atoms with van der Waals surface area (Å²) >= 11 is 6.19. The molecule has 1 fully saturated rings. The van der Waals surface area contributed by atoms with Crippen molar-refractivity contribution in [3.8, 4) is 0 Å². The Morgan fingerprint density at radius 2 is 2.27 bits per heavy atom. The van der Waals surface area contributed by atoms with Crippen LogP contribution in [0.1, 0.15) is 39.2 Å². The first-order chi connectivity index (χ1) is 10.4. The zero-order chi connectivity index (χ0) is 16.2. The number of carbonyl (C=O) groups excluding carboxylic acids is 1. The highest BCUT2D eigenvalue weighted by Gasteiger charge is 2.24. The van der Waals surface area contributed by atoms with Gasteiger partial charge in [0.25, 0.3) is 0 Å². The summed E-state index contributed by atoms with van der Waals surface area (Å²) in [6, 6.07) is 1.98. The molecule has 1 aliphatic rings. The van der Waals surface area contributed by atoms with E-state index in [0.29, 0.717) is 5.92 Å². The third-order valence-corrected chi connectivity index (χ3v) is 4.43. The van der Waals surface area contributed by atoms with Gasteiger partial charge in [0.1, 0.15) is 0 Å². The molecule has 0 spiro atoms. The smallest absolute Gasteiger partial charge is 0.225 e. The fourth-order valence-electron chi connectivity index (χ4n) is 2.74. The predicted octanol–water partition coefficient (Wildman–Crippen LogP) is 3.11. The van der Waals surface area contributed by atoms with Crippen LogP contribution in [0.2, 0.25) is 5.02 Å². The molecule has 22 heavy (non-hydrogen) atoms. The first kappa shape index (κ1) is 17.2. The summed E-state index contributed by atoms with van der Waals surface area (Å²) in [5.41, 5.74) is 0.801. The van der Waals surface area contributed by atoms with Crippen LogP contribution in [-0.4, -0.2) is 35.4 Å². The minimum atomic E-state index is -0.321. The second-order valence-electron chi connectivity index (χ2n) is 7.17. The number of piperidine rings is 1. The van der Waals surface area contributed by atoms with E-state index in [2.05, 4.69) is 15.2 Å². The van der Waals surface area contributed by atoms with Gasteiger partial charge in [-0.05, 0) is 36.9 Å². The highest BCUT2D eigenvalue weighted by Crippen LogP contribution is 2.21. The average Bonchev–Trinajstić information content (AvgIpc) is 2.46. The van der Waals surface area contributed by atoms with Crippen molar-refractivity contribution in [3.05, 3.63) is 29.0 Å². The molecule has 1 aliphatic heterocycles. The molecule has 4 nitrogen and oxygen atoms in total. The summed E-state index contributed by atoms with van der Waals surface area (Å²) in [7, 11) is 0. The van der Waals surface area contributed by atoms with Crippen molar-refractivity contribution >= 4 is 17.5 Å². The summed E-state index contributed by atoms with van der Waals surface area (Å²) in [6.45, 7) is 9.54. The number of aromatic nitrogens is 1. The van der Waals surface area contributed by atoms with E-state index in [0.717, 1.165) is 36.8 Å². The fourth-order valence-corrected chi connectivity index (χ4v) is 2.92. The number of nitrogens with one attached hydrogen (secondary N) is 1. The SMILES string of the molecule is CC(C)(C)C(=O)NC[C@H]1CCCN(Cc2ccncc2Cl)C1. The van der Waals surface area contributed by atoms with Gasteiger partial charge in [0.15, 0.2) is 0 Å². The topological polar surface area (TPSA) is 45.2 Å². The van der Waals surface area contributed by atoms with E-state index in [9.17, 15) is 4.79 Å². The Morgan fingerprint density at radius 3 is 2.95 bits per heavy atom. The Bertz CT molecular complexity index is 513. The second-order valence-corrected chi connectivity index (χ2v) is 7.58. The first-order valence-corrected chi connectivity index (χ1v) is 8.33. The lowest BCUT2D eigenvalue weighted by atomic mass is 9.94. The van der Waals surface area contributed by atoms with Gasteiger partial charge < -0.3 is 5.32 Å². The van der Waals surface area contributed by atoms with Crippen LogP contribution >= 0.6 is 11.6 Å². The Labute approximate surface area is 138 Å². The van der Waals surface area contributed by atoms with Gasteiger partial charge in [-0.2, -0.15) is 0 Å². The van der Waals surface area contributed by atoms with Crippen molar-refractivity contribution in [2.75, 3.05) is 19.6 Å². The molecule has 2 rings (SSSR count). The molecule has 1 saturated heterocycles. The van der Waals surface area contributed by atoms with Crippen molar-refractivity contribution in [2.45, 2.75) is 40.2 Å². The summed E-state index contributed by atoms with van der Waals surface area (Å²) in [5.74, 6) is 0.641. The van der Waals surface area contributed by atoms with Gasteiger partial charge in [0, 0.05) is 37.4 Å². The van der Waals surface area contributed by atoms with Gasteiger partial charge in [-0.1, -0.05) is 32.4 Å². The lowest BCUT2D eigenvalue weighted by Gasteiger charge is -2.33. The van der Waals surface area contributed by atoms with Gasteiger partial charge in [-0.15, -0.1) is 0 Å². The zero-order valence-corrected chi connectivity index (χ0v) is 14.5. The highest BCUT2D eigenvalue weighted by molar-refractivity contribution is 6.31. The number of amides is 1. The second kappa shape index (κ2) is 7.42. The molecule has 1 amide bonds. The van der Waals surface area contributed by atoms with Gasteiger partial charge >= 0.3 is 0 Å². The van der Waals surface area contributed by atoms with E-state index >= 15 is 0 Å². The number of pyridine rings is 1. The highest BCUT2D eigenvalue weighted by atomic mass is 35.5. The van der Waals surface area contributed by atoms with Crippen molar-refractivity contribution in [2.24, 2.45) is 11.3 Å². The molecular weight excluding hydrogens is 298 g/mol. The van der Waals surface area contributed by atoms with Crippen LogP contribution in [0.25, 0.3) is 0 Å². The van der Waals surface area contributed by atoms with E-state index in [1.165, 1.54) is 12.8 Å².